The smallest absolute Gasteiger partial charge is 0.310 e. The van der Waals surface area contributed by atoms with Gasteiger partial charge in [-0.25, -0.2) is 0 Å². The minimum absolute atomic E-state index is 0.0901. The second kappa shape index (κ2) is 8.75. The maximum atomic E-state index is 12.0. The van der Waals surface area contributed by atoms with Crippen LogP contribution < -0.4 is 0 Å². The van der Waals surface area contributed by atoms with Crippen molar-refractivity contribution in [1.82, 2.24) is 4.90 Å². The highest BCUT2D eigenvalue weighted by Gasteiger charge is 2.19. The molecule has 0 N–H and O–H groups in total. The average molecular weight is 277 g/mol. The summed E-state index contributed by atoms with van der Waals surface area (Å²) in [5.74, 6) is -0.205. The van der Waals surface area contributed by atoms with E-state index in [9.17, 15) is 4.79 Å². The van der Waals surface area contributed by atoms with Crippen molar-refractivity contribution >= 4 is 5.97 Å². The third-order valence-electron chi connectivity index (χ3n) is 3.38. The molecule has 1 rings (SSSR count). The molecule has 0 aromatic heterocycles. The van der Waals surface area contributed by atoms with Gasteiger partial charge in [-0.2, -0.15) is 0 Å². The van der Waals surface area contributed by atoms with Crippen molar-refractivity contribution in [3.05, 3.63) is 35.9 Å². The van der Waals surface area contributed by atoms with E-state index in [-0.39, 0.29) is 11.9 Å². The molecule has 0 saturated carbocycles. The lowest BCUT2D eigenvalue weighted by atomic mass is 10.1. The fraction of sp³-hybridized carbons (Fsp3) is 0.588. The Hall–Kier alpha value is -1.35. The van der Waals surface area contributed by atoms with Crippen LogP contribution in [0, 0.1) is 5.92 Å². The standard InChI is InChI=1S/C17H27NO2/c1-5-11-18(14(2)3)12-15(4)17(19)20-13-16-9-7-6-8-10-16/h6-10,14-15H,5,11-13H2,1-4H3. The molecule has 0 heterocycles. The molecule has 1 aromatic carbocycles. The van der Waals surface area contributed by atoms with Crippen LogP contribution in [0.2, 0.25) is 0 Å². The van der Waals surface area contributed by atoms with Crippen molar-refractivity contribution in [2.24, 2.45) is 5.92 Å². The second-order valence-electron chi connectivity index (χ2n) is 5.58. The molecule has 20 heavy (non-hydrogen) atoms. The lowest BCUT2D eigenvalue weighted by Gasteiger charge is -2.28. The SMILES string of the molecule is CCCN(CC(C)C(=O)OCc1ccccc1)C(C)C. The van der Waals surface area contributed by atoms with Gasteiger partial charge in [-0.3, -0.25) is 4.79 Å². The molecular formula is C17H27NO2. The summed E-state index contributed by atoms with van der Waals surface area (Å²) in [6.07, 6.45) is 1.10. The highest BCUT2D eigenvalue weighted by Crippen LogP contribution is 2.09. The Balaban J connectivity index is 2.42. The second-order valence-corrected chi connectivity index (χ2v) is 5.58. The molecule has 0 saturated heterocycles. The zero-order chi connectivity index (χ0) is 15.0. The van der Waals surface area contributed by atoms with Gasteiger partial charge in [-0.05, 0) is 32.4 Å². The summed E-state index contributed by atoms with van der Waals surface area (Å²) < 4.78 is 5.38. The first-order valence-corrected chi connectivity index (χ1v) is 7.49. The first kappa shape index (κ1) is 16.7. The van der Waals surface area contributed by atoms with E-state index in [1.807, 2.05) is 37.3 Å². The molecule has 3 heteroatoms. The first-order valence-electron chi connectivity index (χ1n) is 7.49. The molecular weight excluding hydrogens is 250 g/mol. The predicted octanol–water partition coefficient (Wildman–Crippen LogP) is 3.49. The monoisotopic (exact) mass is 277 g/mol. The summed E-state index contributed by atoms with van der Waals surface area (Å²) in [6, 6.07) is 10.3. The topological polar surface area (TPSA) is 29.5 Å². The lowest BCUT2D eigenvalue weighted by molar-refractivity contribution is -0.150. The number of esters is 1. The molecule has 0 aliphatic carbocycles. The largest absolute Gasteiger partial charge is 0.461 e. The third-order valence-corrected chi connectivity index (χ3v) is 3.38. The zero-order valence-electron chi connectivity index (χ0n) is 13.1. The number of hydrogen-bond acceptors (Lipinski definition) is 3. The van der Waals surface area contributed by atoms with Crippen LogP contribution in [0.1, 0.15) is 39.7 Å². The van der Waals surface area contributed by atoms with Crippen LogP contribution in [0.25, 0.3) is 0 Å². The van der Waals surface area contributed by atoms with Crippen molar-refractivity contribution < 1.29 is 9.53 Å². The van der Waals surface area contributed by atoms with Gasteiger partial charge in [0.05, 0.1) is 5.92 Å². The van der Waals surface area contributed by atoms with Gasteiger partial charge in [-0.1, -0.05) is 44.2 Å². The van der Waals surface area contributed by atoms with Crippen molar-refractivity contribution in [2.75, 3.05) is 13.1 Å². The van der Waals surface area contributed by atoms with E-state index < -0.39 is 0 Å². The maximum absolute atomic E-state index is 12.0. The van der Waals surface area contributed by atoms with E-state index in [1.165, 1.54) is 0 Å². The number of benzene rings is 1. The number of ether oxygens (including phenoxy) is 1. The summed E-state index contributed by atoms with van der Waals surface area (Å²) in [7, 11) is 0. The molecule has 3 nitrogen and oxygen atoms in total. The van der Waals surface area contributed by atoms with Crippen LogP contribution in [0.3, 0.4) is 0 Å². The fourth-order valence-electron chi connectivity index (χ4n) is 2.14. The quantitative estimate of drug-likeness (QED) is 0.681. The summed E-state index contributed by atoms with van der Waals surface area (Å²) in [4.78, 5) is 14.4. The average Bonchev–Trinajstić information content (AvgIpc) is 2.45. The van der Waals surface area contributed by atoms with Crippen LogP contribution in [0.5, 0.6) is 0 Å². The van der Waals surface area contributed by atoms with Crippen LogP contribution in [0.15, 0.2) is 30.3 Å². The number of nitrogens with zero attached hydrogens (tertiary/aromatic N) is 1. The number of carbonyl (C=O) groups is 1. The summed E-state index contributed by atoms with van der Waals surface area (Å²) >= 11 is 0. The third kappa shape index (κ3) is 5.74. The number of carbonyl (C=O) groups excluding carboxylic acids is 1. The molecule has 1 unspecified atom stereocenters. The Kier molecular flexibility index (Phi) is 7.31. The summed E-state index contributed by atoms with van der Waals surface area (Å²) in [6.45, 7) is 10.6. The fourth-order valence-corrected chi connectivity index (χ4v) is 2.14. The van der Waals surface area contributed by atoms with Gasteiger partial charge in [0.2, 0.25) is 0 Å². The summed E-state index contributed by atoms with van der Waals surface area (Å²) in [5, 5.41) is 0. The Labute approximate surface area is 122 Å². The highest BCUT2D eigenvalue weighted by atomic mass is 16.5. The van der Waals surface area contributed by atoms with Crippen LogP contribution in [-0.4, -0.2) is 30.0 Å². The van der Waals surface area contributed by atoms with Gasteiger partial charge in [0.25, 0.3) is 0 Å². The Morgan fingerprint density at radius 2 is 1.85 bits per heavy atom. The minimum Gasteiger partial charge on any atom is -0.461 e. The predicted molar refractivity (Wildman–Crippen MR) is 82.4 cm³/mol. The Morgan fingerprint density at radius 3 is 2.40 bits per heavy atom. The van der Waals surface area contributed by atoms with E-state index in [0.717, 1.165) is 25.1 Å². The van der Waals surface area contributed by atoms with Gasteiger partial charge in [0, 0.05) is 12.6 Å². The van der Waals surface area contributed by atoms with Gasteiger partial charge in [-0.15, -0.1) is 0 Å². The van der Waals surface area contributed by atoms with Gasteiger partial charge in [0.1, 0.15) is 6.61 Å². The molecule has 0 aliphatic rings. The highest BCUT2D eigenvalue weighted by molar-refractivity contribution is 5.72. The van der Waals surface area contributed by atoms with Crippen LogP contribution >= 0.6 is 0 Å². The van der Waals surface area contributed by atoms with Crippen LogP contribution in [-0.2, 0) is 16.1 Å². The van der Waals surface area contributed by atoms with Crippen LogP contribution in [0.4, 0.5) is 0 Å². The van der Waals surface area contributed by atoms with Gasteiger partial charge < -0.3 is 9.64 Å². The molecule has 0 aliphatic heterocycles. The molecule has 0 spiro atoms. The van der Waals surface area contributed by atoms with Crippen molar-refractivity contribution in [3.8, 4) is 0 Å². The molecule has 1 aromatic rings. The van der Waals surface area contributed by atoms with E-state index in [2.05, 4.69) is 25.7 Å². The normalized spacial score (nSPS) is 12.7. The molecule has 0 radical (unpaired) electrons. The molecule has 0 bridgehead atoms. The van der Waals surface area contributed by atoms with Gasteiger partial charge >= 0.3 is 5.97 Å². The van der Waals surface area contributed by atoms with E-state index in [4.69, 9.17) is 4.74 Å². The Morgan fingerprint density at radius 1 is 1.20 bits per heavy atom. The molecule has 112 valence electrons. The van der Waals surface area contributed by atoms with E-state index in [0.29, 0.717) is 12.6 Å². The number of hydrogen-bond donors (Lipinski definition) is 0. The van der Waals surface area contributed by atoms with E-state index >= 15 is 0 Å². The van der Waals surface area contributed by atoms with Crippen molar-refractivity contribution in [1.29, 1.82) is 0 Å². The molecule has 0 fully saturated rings. The van der Waals surface area contributed by atoms with Crippen molar-refractivity contribution in [3.63, 3.8) is 0 Å². The van der Waals surface area contributed by atoms with E-state index in [1.54, 1.807) is 0 Å². The lowest BCUT2D eigenvalue weighted by Crippen LogP contribution is -2.37. The summed E-state index contributed by atoms with van der Waals surface area (Å²) in [5.41, 5.74) is 1.03. The minimum atomic E-state index is -0.115. The zero-order valence-corrected chi connectivity index (χ0v) is 13.1. The molecule has 1 atom stereocenters. The number of rotatable bonds is 8. The first-order chi connectivity index (χ1) is 9.54. The maximum Gasteiger partial charge on any atom is 0.310 e. The molecule has 0 amide bonds. The Bertz CT molecular complexity index is 389. The van der Waals surface area contributed by atoms with Gasteiger partial charge in [0.15, 0.2) is 0 Å². The van der Waals surface area contributed by atoms with Crippen molar-refractivity contribution in [2.45, 2.75) is 46.8 Å².